The van der Waals surface area contributed by atoms with Gasteiger partial charge in [-0.3, -0.25) is 9.59 Å². The molecule has 2 rings (SSSR count). The van der Waals surface area contributed by atoms with Crippen LogP contribution in [0.3, 0.4) is 0 Å². The highest BCUT2D eigenvalue weighted by atomic mass is 32.2. The summed E-state index contributed by atoms with van der Waals surface area (Å²) < 4.78 is 27.3. The van der Waals surface area contributed by atoms with Crippen LogP contribution >= 0.6 is 0 Å². The monoisotopic (exact) mass is 381 g/mol. The molecule has 0 radical (unpaired) electrons. The van der Waals surface area contributed by atoms with E-state index < -0.39 is 22.0 Å². The fourth-order valence-electron chi connectivity index (χ4n) is 2.99. The first-order chi connectivity index (χ1) is 12.2. The number of Topliss-reactive ketones (excluding diaryl/α,β-unsaturated/α-hetero) is 1. The highest BCUT2D eigenvalue weighted by Crippen LogP contribution is 2.24. The largest absolute Gasteiger partial charge is 0.310 e. The van der Waals surface area contributed by atoms with Gasteiger partial charge in [0.15, 0.2) is 10.8 Å². The summed E-state index contributed by atoms with van der Waals surface area (Å²) in [4.78, 5) is 29.4. The lowest BCUT2D eigenvalue weighted by molar-refractivity contribution is -0.134. The van der Waals surface area contributed by atoms with Crippen LogP contribution in [-0.2, 0) is 19.6 Å². The standard InChI is InChI=1S/C18H27N3O4S/c1-13(2)8-9-17(23)21(15-7-5-10-19-12-16(15)22)26(24,25)18-14(3)6-4-11-20-18/h4,6,11,13,15,19H,5,7-10,12H2,1-3H3/t15-/m0/s1. The van der Waals surface area contributed by atoms with Crippen molar-refractivity contribution in [3.8, 4) is 0 Å². The quantitative estimate of drug-likeness (QED) is 0.805. The Morgan fingerprint density at radius 3 is 2.81 bits per heavy atom. The van der Waals surface area contributed by atoms with Crippen molar-refractivity contribution < 1.29 is 18.0 Å². The molecule has 0 aliphatic carbocycles. The van der Waals surface area contributed by atoms with Gasteiger partial charge < -0.3 is 5.32 Å². The first kappa shape index (κ1) is 20.5. The zero-order valence-corrected chi connectivity index (χ0v) is 16.4. The molecule has 1 saturated heterocycles. The van der Waals surface area contributed by atoms with Gasteiger partial charge in [0.2, 0.25) is 5.91 Å². The molecule has 26 heavy (non-hydrogen) atoms. The summed E-state index contributed by atoms with van der Waals surface area (Å²) in [5.74, 6) is -0.562. The first-order valence-corrected chi connectivity index (χ1v) is 10.4. The molecule has 1 aromatic rings. The molecule has 0 unspecified atom stereocenters. The summed E-state index contributed by atoms with van der Waals surface area (Å²) in [6.07, 6.45) is 2.98. The van der Waals surface area contributed by atoms with Crippen molar-refractivity contribution in [2.75, 3.05) is 13.1 Å². The molecule has 1 fully saturated rings. The molecule has 0 saturated carbocycles. The molecule has 7 nitrogen and oxygen atoms in total. The topological polar surface area (TPSA) is 96.4 Å². The van der Waals surface area contributed by atoms with E-state index in [1.54, 1.807) is 19.1 Å². The Morgan fingerprint density at radius 1 is 1.42 bits per heavy atom. The Hall–Kier alpha value is -1.80. The van der Waals surface area contributed by atoms with Crippen LogP contribution in [0.5, 0.6) is 0 Å². The molecule has 1 atom stereocenters. The predicted molar refractivity (Wildman–Crippen MR) is 98.0 cm³/mol. The minimum Gasteiger partial charge on any atom is -0.310 e. The molecule has 8 heteroatoms. The molecule has 0 bridgehead atoms. The van der Waals surface area contributed by atoms with E-state index in [0.717, 1.165) is 4.31 Å². The highest BCUT2D eigenvalue weighted by molar-refractivity contribution is 7.89. The van der Waals surface area contributed by atoms with Crippen LogP contribution in [0.1, 0.15) is 45.1 Å². The van der Waals surface area contributed by atoms with Gasteiger partial charge in [0, 0.05) is 12.6 Å². The SMILES string of the molecule is Cc1cccnc1S(=O)(=O)N(C(=O)CCC(C)C)[C@H]1CCCNCC1=O. The van der Waals surface area contributed by atoms with E-state index in [0.29, 0.717) is 31.4 Å². The van der Waals surface area contributed by atoms with Crippen LogP contribution in [0, 0.1) is 12.8 Å². The predicted octanol–water partition coefficient (Wildman–Crippen LogP) is 1.66. The smallest absolute Gasteiger partial charge is 0.284 e. The molecule has 1 N–H and O–H groups in total. The van der Waals surface area contributed by atoms with Crippen molar-refractivity contribution in [2.45, 2.75) is 57.5 Å². The molecule has 1 aromatic heterocycles. The van der Waals surface area contributed by atoms with E-state index >= 15 is 0 Å². The van der Waals surface area contributed by atoms with E-state index in [1.165, 1.54) is 6.20 Å². The van der Waals surface area contributed by atoms with Crippen LogP contribution in [0.25, 0.3) is 0 Å². The number of aromatic nitrogens is 1. The van der Waals surface area contributed by atoms with Crippen LogP contribution in [-0.4, -0.2) is 48.5 Å². The lowest BCUT2D eigenvalue weighted by Crippen LogP contribution is -2.49. The number of amides is 1. The minimum absolute atomic E-state index is 0.0648. The number of nitrogens with zero attached hydrogens (tertiary/aromatic N) is 2. The molecule has 1 aliphatic heterocycles. The molecule has 0 spiro atoms. The Kier molecular flexibility index (Phi) is 6.88. The molecular formula is C18H27N3O4S. The van der Waals surface area contributed by atoms with E-state index in [-0.39, 0.29) is 29.7 Å². The zero-order chi connectivity index (χ0) is 19.3. The lowest BCUT2D eigenvalue weighted by Gasteiger charge is -2.29. The third-order valence-corrected chi connectivity index (χ3v) is 6.32. The summed E-state index contributed by atoms with van der Waals surface area (Å²) in [6, 6.07) is 2.30. The van der Waals surface area contributed by atoms with Gasteiger partial charge in [-0.05, 0) is 50.3 Å². The average Bonchev–Trinajstić information content (AvgIpc) is 2.78. The van der Waals surface area contributed by atoms with Crippen molar-refractivity contribution in [2.24, 2.45) is 5.92 Å². The van der Waals surface area contributed by atoms with E-state index in [2.05, 4.69) is 10.3 Å². The molecular weight excluding hydrogens is 354 g/mol. The number of nitrogens with one attached hydrogen (secondary N) is 1. The van der Waals surface area contributed by atoms with Crippen LogP contribution < -0.4 is 5.32 Å². The summed E-state index contributed by atoms with van der Waals surface area (Å²) in [7, 11) is -4.20. The normalized spacial score (nSPS) is 18.6. The van der Waals surface area contributed by atoms with Crippen molar-refractivity contribution >= 4 is 21.7 Å². The van der Waals surface area contributed by atoms with E-state index in [4.69, 9.17) is 0 Å². The van der Waals surface area contributed by atoms with Crippen molar-refractivity contribution in [3.05, 3.63) is 23.9 Å². The van der Waals surface area contributed by atoms with Crippen molar-refractivity contribution in [1.82, 2.24) is 14.6 Å². The maximum Gasteiger partial charge on any atom is 0.284 e. The first-order valence-electron chi connectivity index (χ1n) is 8.97. The second-order valence-corrected chi connectivity index (χ2v) is 8.78. The second-order valence-electron chi connectivity index (χ2n) is 7.05. The average molecular weight is 381 g/mol. The Labute approximate surface area is 155 Å². The van der Waals surface area contributed by atoms with Crippen molar-refractivity contribution in [1.29, 1.82) is 0 Å². The maximum atomic E-state index is 13.3. The van der Waals surface area contributed by atoms with Gasteiger partial charge in [-0.1, -0.05) is 19.9 Å². The molecule has 144 valence electrons. The van der Waals surface area contributed by atoms with Crippen LogP contribution in [0.15, 0.2) is 23.4 Å². The summed E-state index contributed by atoms with van der Waals surface area (Å²) in [5, 5.41) is 2.81. The second kappa shape index (κ2) is 8.73. The molecule has 1 amide bonds. The third kappa shape index (κ3) is 4.67. The number of hydrogen-bond donors (Lipinski definition) is 1. The number of rotatable bonds is 6. The Morgan fingerprint density at radius 2 is 2.15 bits per heavy atom. The lowest BCUT2D eigenvalue weighted by atomic mass is 10.1. The molecule has 2 heterocycles. The van der Waals surface area contributed by atoms with Gasteiger partial charge in [0.05, 0.1) is 6.54 Å². The number of hydrogen-bond acceptors (Lipinski definition) is 6. The van der Waals surface area contributed by atoms with Gasteiger partial charge in [-0.25, -0.2) is 9.29 Å². The van der Waals surface area contributed by atoms with E-state index in [1.807, 2.05) is 13.8 Å². The maximum absolute atomic E-state index is 13.3. The zero-order valence-electron chi connectivity index (χ0n) is 15.6. The van der Waals surface area contributed by atoms with Crippen LogP contribution in [0.2, 0.25) is 0 Å². The van der Waals surface area contributed by atoms with Gasteiger partial charge in [-0.15, -0.1) is 0 Å². The summed E-state index contributed by atoms with van der Waals surface area (Å²) >= 11 is 0. The number of sulfonamides is 1. The molecule has 0 aromatic carbocycles. The highest BCUT2D eigenvalue weighted by Gasteiger charge is 2.40. The fraction of sp³-hybridized carbons (Fsp3) is 0.611. The third-order valence-electron chi connectivity index (χ3n) is 4.43. The number of pyridine rings is 1. The minimum atomic E-state index is -4.20. The molecule has 1 aliphatic rings. The number of carbonyl (C=O) groups excluding carboxylic acids is 2. The van der Waals surface area contributed by atoms with E-state index in [9.17, 15) is 18.0 Å². The van der Waals surface area contributed by atoms with Crippen molar-refractivity contribution in [3.63, 3.8) is 0 Å². The van der Waals surface area contributed by atoms with Crippen LogP contribution in [0.4, 0.5) is 0 Å². The number of carbonyl (C=O) groups is 2. The summed E-state index contributed by atoms with van der Waals surface area (Å²) in [6.45, 7) is 6.26. The number of aryl methyl sites for hydroxylation is 1. The number of ketones is 1. The Bertz CT molecular complexity index is 761. The fourth-order valence-corrected chi connectivity index (χ4v) is 4.76. The van der Waals surface area contributed by atoms with Gasteiger partial charge in [0.25, 0.3) is 10.0 Å². The summed E-state index contributed by atoms with van der Waals surface area (Å²) in [5.41, 5.74) is 0.452. The van der Waals surface area contributed by atoms with Gasteiger partial charge in [-0.2, -0.15) is 8.42 Å². The van der Waals surface area contributed by atoms with Gasteiger partial charge >= 0.3 is 0 Å². The van der Waals surface area contributed by atoms with Gasteiger partial charge in [0.1, 0.15) is 6.04 Å². The Balaban J connectivity index is 2.47.